The van der Waals surface area contributed by atoms with Gasteiger partial charge in [0.15, 0.2) is 5.81 Å². The highest BCUT2D eigenvalue weighted by Crippen LogP contribution is 1.67. The quantitative estimate of drug-likeness (QED) is 0.398. The van der Waals surface area contributed by atoms with Gasteiger partial charge in [-0.3, -0.25) is 14.1 Å². The van der Waals surface area contributed by atoms with E-state index in [0.717, 1.165) is 7.28 Å². The Morgan fingerprint density at radius 3 is 2.50 bits per heavy atom. The fraction of sp³-hybridized carbons (Fsp3) is 0.500. The molecule has 0 bridgehead atoms. The van der Waals surface area contributed by atoms with E-state index >= 15 is 0 Å². The van der Waals surface area contributed by atoms with Gasteiger partial charge < -0.3 is 0 Å². The number of hydrogen-bond acceptors (Lipinski definition) is 2. The van der Waals surface area contributed by atoms with Crippen molar-refractivity contribution in [2.45, 2.75) is 6.82 Å². The Kier molecular flexibility index (Phi) is 3.46. The Labute approximate surface area is 50.3 Å². The molecule has 0 heterocycles. The van der Waals surface area contributed by atoms with Crippen LogP contribution in [0.3, 0.4) is 0 Å². The molecule has 0 aliphatic carbocycles. The van der Waals surface area contributed by atoms with Crippen LogP contribution in [0, 0.1) is 0 Å². The van der Waals surface area contributed by atoms with Crippen molar-refractivity contribution < 1.29 is 13.6 Å². The van der Waals surface area contributed by atoms with Gasteiger partial charge in [0.25, 0.3) is 11.3 Å². The molecule has 0 aliphatic heterocycles. The second kappa shape index (κ2) is 3.62. The van der Waals surface area contributed by atoms with Gasteiger partial charge in [-0.05, 0) is 0 Å². The van der Waals surface area contributed by atoms with E-state index in [2.05, 4.69) is 0 Å². The van der Waals surface area contributed by atoms with Crippen LogP contribution in [0.2, 0.25) is 6.82 Å². The molecule has 0 aromatic carbocycles. The molecular formula is C2H5BNO3S. The molecule has 0 fully saturated rings. The number of rotatable bonds is 2. The van der Waals surface area contributed by atoms with Gasteiger partial charge in [0.2, 0.25) is 7.28 Å². The second-order valence-corrected chi connectivity index (χ2v) is 1.71. The predicted octanol–water partition coefficient (Wildman–Crippen LogP) is -0.415. The van der Waals surface area contributed by atoms with Crippen LogP contribution >= 0.6 is 0 Å². The lowest BCUT2D eigenvalue weighted by atomic mass is 9.82. The summed E-state index contributed by atoms with van der Waals surface area (Å²) in [4.78, 5) is 10.1. The second-order valence-electron chi connectivity index (χ2n) is 1.00. The van der Waals surface area contributed by atoms with E-state index < -0.39 is 17.1 Å². The monoisotopic (exact) mass is 134 g/mol. The van der Waals surface area contributed by atoms with Gasteiger partial charge in [0.1, 0.15) is 0 Å². The van der Waals surface area contributed by atoms with E-state index in [-0.39, 0.29) is 0 Å². The topological polar surface area (TPSA) is 66.4 Å². The molecule has 0 spiro atoms. The SMILES string of the molecule is C[B]C(=O)NS(=O)O. The molecule has 0 aliphatic rings. The van der Waals surface area contributed by atoms with Crippen molar-refractivity contribution in [2.75, 3.05) is 0 Å². The first kappa shape index (κ1) is 7.64. The molecule has 6 heteroatoms. The number of carbonyl (C=O) groups excluding carboxylic acids is 1. The van der Waals surface area contributed by atoms with Crippen LogP contribution in [0.25, 0.3) is 0 Å². The van der Waals surface area contributed by atoms with Crippen molar-refractivity contribution in [3.8, 4) is 0 Å². The van der Waals surface area contributed by atoms with Crippen molar-refractivity contribution in [1.29, 1.82) is 0 Å². The normalized spacial score (nSPS) is 12.2. The Balaban J connectivity index is 3.40. The van der Waals surface area contributed by atoms with Gasteiger partial charge in [-0.25, -0.2) is 4.21 Å². The zero-order chi connectivity index (χ0) is 6.57. The third-order valence-corrected chi connectivity index (χ3v) is 0.826. The van der Waals surface area contributed by atoms with Crippen LogP contribution in [0.4, 0.5) is 4.79 Å². The lowest BCUT2D eigenvalue weighted by molar-refractivity contribution is 0.263. The largest absolute Gasteiger partial charge is 0.289 e. The molecule has 2 N–H and O–H groups in total. The van der Waals surface area contributed by atoms with Crippen LogP contribution in [0.15, 0.2) is 0 Å². The maximum atomic E-state index is 10.1. The van der Waals surface area contributed by atoms with Gasteiger partial charge in [0.05, 0.1) is 0 Å². The summed E-state index contributed by atoms with van der Waals surface area (Å²) in [5.74, 6) is -0.550. The molecule has 1 amide bonds. The fourth-order valence-corrected chi connectivity index (χ4v) is 0.435. The van der Waals surface area contributed by atoms with Crippen LogP contribution in [-0.4, -0.2) is 21.8 Å². The molecule has 0 aromatic rings. The third kappa shape index (κ3) is 3.82. The molecule has 8 heavy (non-hydrogen) atoms. The molecule has 1 radical (unpaired) electrons. The highest BCUT2D eigenvalue weighted by atomic mass is 32.2. The lowest BCUT2D eigenvalue weighted by Gasteiger charge is -1.91. The fourth-order valence-electron chi connectivity index (χ4n) is 0.145. The average Bonchev–Trinajstić information content (AvgIpc) is 1.65. The Hall–Kier alpha value is -0.355. The van der Waals surface area contributed by atoms with Crippen LogP contribution in [0.5, 0.6) is 0 Å². The van der Waals surface area contributed by atoms with Gasteiger partial charge in [-0.1, -0.05) is 6.82 Å². The van der Waals surface area contributed by atoms with Crippen molar-refractivity contribution in [1.82, 2.24) is 4.72 Å². The van der Waals surface area contributed by atoms with Crippen molar-refractivity contribution in [3.63, 3.8) is 0 Å². The minimum atomic E-state index is -2.23. The van der Waals surface area contributed by atoms with E-state index in [0.29, 0.717) is 0 Å². The summed E-state index contributed by atoms with van der Waals surface area (Å²) in [7, 11) is 1.16. The maximum absolute atomic E-state index is 10.1. The summed E-state index contributed by atoms with van der Waals surface area (Å²) in [6, 6.07) is 0. The van der Waals surface area contributed by atoms with Gasteiger partial charge in [-0.15, -0.1) is 0 Å². The Morgan fingerprint density at radius 1 is 1.88 bits per heavy atom. The smallest absolute Gasteiger partial charge is 0.260 e. The van der Waals surface area contributed by atoms with Gasteiger partial charge in [-0.2, -0.15) is 0 Å². The van der Waals surface area contributed by atoms with E-state index in [4.69, 9.17) is 4.55 Å². The first-order valence-corrected chi connectivity index (χ1v) is 2.98. The number of hydrogen-bond donors (Lipinski definition) is 2. The average molecular weight is 134 g/mol. The lowest BCUT2D eigenvalue weighted by Crippen LogP contribution is -2.26. The zero-order valence-electron chi connectivity index (χ0n) is 4.25. The molecule has 0 saturated heterocycles. The molecule has 0 rings (SSSR count). The number of nitrogens with one attached hydrogen (secondary N) is 1. The minimum absolute atomic E-state index is 0.550. The van der Waals surface area contributed by atoms with E-state index in [1.165, 1.54) is 6.82 Å². The number of carbonyl (C=O) groups is 1. The number of amides is 1. The van der Waals surface area contributed by atoms with E-state index in [9.17, 15) is 9.00 Å². The summed E-state index contributed by atoms with van der Waals surface area (Å²) in [6.07, 6.45) is 0. The molecule has 4 nitrogen and oxygen atoms in total. The minimum Gasteiger partial charge on any atom is -0.289 e. The molecule has 45 valence electrons. The summed E-state index contributed by atoms with van der Waals surface area (Å²) in [5, 5.41) is 0. The van der Waals surface area contributed by atoms with Crippen molar-refractivity contribution in [3.05, 3.63) is 0 Å². The Bertz CT molecular complexity index is 116. The predicted molar refractivity (Wildman–Crippen MR) is 30.9 cm³/mol. The standard InChI is InChI=1S/C2H5BNO3S/c1-3-2(5)4-8(6)7/h1H3,(H,4,5)(H,6,7). The molecular weight excluding hydrogens is 129 g/mol. The summed E-state index contributed by atoms with van der Waals surface area (Å²) in [5.41, 5.74) is 0. The molecule has 0 aromatic heterocycles. The van der Waals surface area contributed by atoms with Crippen molar-refractivity contribution >= 4 is 24.4 Å². The first-order valence-electron chi connectivity index (χ1n) is 1.87. The van der Waals surface area contributed by atoms with Gasteiger partial charge >= 0.3 is 0 Å². The molecule has 1 unspecified atom stereocenters. The highest BCUT2D eigenvalue weighted by Gasteiger charge is 1.98. The van der Waals surface area contributed by atoms with Crippen molar-refractivity contribution in [2.24, 2.45) is 0 Å². The highest BCUT2D eigenvalue weighted by molar-refractivity contribution is 7.78. The van der Waals surface area contributed by atoms with E-state index in [1.807, 2.05) is 0 Å². The summed E-state index contributed by atoms with van der Waals surface area (Å²) >= 11 is -2.23. The third-order valence-electron chi connectivity index (χ3n) is 0.450. The Morgan fingerprint density at radius 2 is 2.38 bits per heavy atom. The molecule has 0 saturated carbocycles. The summed E-state index contributed by atoms with van der Waals surface area (Å²) < 4.78 is 19.4. The zero-order valence-corrected chi connectivity index (χ0v) is 5.07. The van der Waals surface area contributed by atoms with Crippen LogP contribution < -0.4 is 4.72 Å². The van der Waals surface area contributed by atoms with E-state index in [1.54, 1.807) is 4.72 Å². The summed E-state index contributed by atoms with van der Waals surface area (Å²) in [6.45, 7) is 1.47. The molecule has 1 atom stereocenters. The van der Waals surface area contributed by atoms with Gasteiger partial charge in [0, 0.05) is 0 Å². The van der Waals surface area contributed by atoms with Crippen LogP contribution in [-0.2, 0) is 11.3 Å². The maximum Gasteiger partial charge on any atom is 0.260 e. The van der Waals surface area contributed by atoms with Crippen LogP contribution in [0.1, 0.15) is 0 Å². The first-order chi connectivity index (χ1) is 3.66.